The van der Waals surface area contributed by atoms with E-state index in [-0.39, 0.29) is 0 Å². The molecule has 0 N–H and O–H groups in total. The van der Waals surface area contributed by atoms with Crippen molar-refractivity contribution >= 4 is 11.1 Å². The minimum absolute atomic E-state index is 1.08. The van der Waals surface area contributed by atoms with Crippen molar-refractivity contribution in [2.75, 3.05) is 0 Å². The standard InChI is InChI=1S/C30H24/c1-5-21-13-14-22-6-3-11-27(19-22)30-28-12-4-8-24(20-28)16-15-23-7-2-10-26(18-23)29(30)25(9-1)17-21/h1-12,17-20H,13-16H2. The Labute approximate surface area is 178 Å². The smallest absolute Gasteiger partial charge is 0.00266 e. The number of fused-ring (bicyclic) bond motifs is 12. The molecular weight excluding hydrogens is 360 g/mol. The van der Waals surface area contributed by atoms with Gasteiger partial charge in [-0.05, 0) is 81.3 Å². The summed E-state index contributed by atoms with van der Waals surface area (Å²) in [5.74, 6) is 0. The van der Waals surface area contributed by atoms with Gasteiger partial charge in [-0.25, -0.2) is 0 Å². The SMILES string of the molecule is c1cc2cc(c1)C1=C(c3cccc(c3)CC2)c2cccc(c2)CCc2cccc1c2. The van der Waals surface area contributed by atoms with Gasteiger partial charge in [-0.1, -0.05) is 97.1 Å². The number of aryl methyl sites for hydroxylation is 4. The summed E-state index contributed by atoms with van der Waals surface area (Å²) < 4.78 is 0. The lowest BCUT2D eigenvalue weighted by molar-refractivity contribution is 0.955. The maximum absolute atomic E-state index is 2.41. The van der Waals surface area contributed by atoms with Gasteiger partial charge in [-0.3, -0.25) is 0 Å². The highest BCUT2D eigenvalue weighted by Gasteiger charge is 2.19. The second-order valence-corrected chi connectivity index (χ2v) is 8.55. The van der Waals surface area contributed by atoms with Crippen LogP contribution in [0.4, 0.5) is 0 Å². The summed E-state index contributed by atoms with van der Waals surface area (Å²) in [5, 5.41) is 0. The van der Waals surface area contributed by atoms with Crippen molar-refractivity contribution in [3.8, 4) is 0 Å². The van der Waals surface area contributed by atoms with Gasteiger partial charge in [0, 0.05) is 0 Å². The molecule has 0 saturated heterocycles. The summed E-state index contributed by atoms with van der Waals surface area (Å²) >= 11 is 0. The number of rotatable bonds is 0. The van der Waals surface area contributed by atoms with Gasteiger partial charge >= 0.3 is 0 Å². The molecule has 8 bridgehead atoms. The first-order valence-corrected chi connectivity index (χ1v) is 10.9. The highest BCUT2D eigenvalue weighted by atomic mass is 14.2. The summed E-state index contributed by atoms with van der Waals surface area (Å²) in [4.78, 5) is 0. The van der Waals surface area contributed by atoms with Gasteiger partial charge in [0.2, 0.25) is 0 Å². The summed E-state index contributed by atoms with van der Waals surface area (Å²) in [6.07, 6.45) is 4.32. The monoisotopic (exact) mass is 384 g/mol. The van der Waals surface area contributed by atoms with Crippen molar-refractivity contribution in [3.05, 3.63) is 142 Å². The molecule has 0 fully saturated rings. The summed E-state index contributed by atoms with van der Waals surface area (Å²) in [5.41, 5.74) is 13.6. The van der Waals surface area contributed by atoms with Crippen molar-refractivity contribution in [1.29, 1.82) is 0 Å². The minimum atomic E-state index is 1.08. The van der Waals surface area contributed by atoms with Gasteiger partial charge in [0.15, 0.2) is 0 Å². The van der Waals surface area contributed by atoms with Crippen LogP contribution in [0.5, 0.6) is 0 Å². The van der Waals surface area contributed by atoms with E-state index in [2.05, 4.69) is 97.1 Å². The maximum Gasteiger partial charge on any atom is -0.00266 e. The van der Waals surface area contributed by atoms with Crippen LogP contribution >= 0.6 is 0 Å². The molecule has 30 heavy (non-hydrogen) atoms. The Morgan fingerprint density at radius 3 is 0.867 bits per heavy atom. The van der Waals surface area contributed by atoms with E-state index in [0.29, 0.717) is 0 Å². The zero-order chi connectivity index (χ0) is 19.9. The Kier molecular flexibility index (Phi) is 4.16. The van der Waals surface area contributed by atoms with E-state index >= 15 is 0 Å². The quantitative estimate of drug-likeness (QED) is 0.310. The molecule has 0 heterocycles. The molecule has 0 aliphatic heterocycles. The predicted octanol–water partition coefficient (Wildman–Crippen LogP) is 6.89. The van der Waals surface area contributed by atoms with E-state index in [1.165, 1.54) is 55.7 Å². The number of hydrogen-bond acceptors (Lipinski definition) is 0. The topological polar surface area (TPSA) is 0 Å². The molecule has 2 aliphatic rings. The van der Waals surface area contributed by atoms with Crippen molar-refractivity contribution in [2.45, 2.75) is 25.7 Å². The van der Waals surface area contributed by atoms with Crippen LogP contribution in [0.25, 0.3) is 11.1 Å². The molecule has 144 valence electrons. The zero-order valence-electron chi connectivity index (χ0n) is 17.1. The highest BCUT2D eigenvalue weighted by molar-refractivity contribution is 6.04. The Hall–Kier alpha value is -3.38. The van der Waals surface area contributed by atoms with Crippen molar-refractivity contribution in [3.63, 3.8) is 0 Å². The molecule has 0 spiro atoms. The lowest BCUT2D eigenvalue weighted by atomic mass is 9.82. The molecule has 4 aromatic rings. The molecule has 0 unspecified atom stereocenters. The second kappa shape index (κ2) is 7.15. The summed E-state index contributed by atoms with van der Waals surface area (Å²) in [6.45, 7) is 0. The molecule has 6 rings (SSSR count). The first kappa shape index (κ1) is 17.5. The van der Waals surface area contributed by atoms with Crippen LogP contribution in [0.15, 0.2) is 97.1 Å². The van der Waals surface area contributed by atoms with E-state index in [1.54, 1.807) is 0 Å². The normalized spacial score (nSPS) is 14.7. The van der Waals surface area contributed by atoms with E-state index in [1.807, 2.05) is 0 Å². The van der Waals surface area contributed by atoms with Gasteiger partial charge in [-0.2, -0.15) is 0 Å². The third kappa shape index (κ3) is 3.09. The summed E-state index contributed by atoms with van der Waals surface area (Å²) in [6, 6.07) is 36.7. The predicted molar refractivity (Wildman–Crippen MR) is 126 cm³/mol. The highest BCUT2D eigenvalue weighted by Crippen LogP contribution is 2.39. The number of hydrogen-bond donors (Lipinski definition) is 0. The third-order valence-corrected chi connectivity index (χ3v) is 6.52. The van der Waals surface area contributed by atoms with Crippen molar-refractivity contribution in [2.24, 2.45) is 0 Å². The fraction of sp³-hybridized carbons (Fsp3) is 0.133. The first-order chi connectivity index (χ1) is 14.8. The van der Waals surface area contributed by atoms with Gasteiger partial charge in [0.1, 0.15) is 0 Å². The Balaban J connectivity index is 1.79. The van der Waals surface area contributed by atoms with E-state index < -0.39 is 0 Å². The van der Waals surface area contributed by atoms with Crippen molar-refractivity contribution in [1.82, 2.24) is 0 Å². The van der Waals surface area contributed by atoms with Crippen LogP contribution in [0.2, 0.25) is 0 Å². The average Bonchev–Trinajstić information content (AvgIpc) is 2.79. The van der Waals surface area contributed by atoms with E-state index in [9.17, 15) is 0 Å². The van der Waals surface area contributed by atoms with Crippen LogP contribution in [0.3, 0.4) is 0 Å². The fourth-order valence-electron chi connectivity index (χ4n) is 5.02. The number of benzene rings is 4. The molecule has 4 aromatic carbocycles. The molecule has 0 aromatic heterocycles. The van der Waals surface area contributed by atoms with Gasteiger partial charge < -0.3 is 0 Å². The zero-order valence-corrected chi connectivity index (χ0v) is 17.1. The lowest BCUT2D eigenvalue weighted by Gasteiger charge is -2.22. The molecular formula is C30H24. The van der Waals surface area contributed by atoms with E-state index in [4.69, 9.17) is 0 Å². The molecule has 0 saturated carbocycles. The lowest BCUT2D eigenvalue weighted by Crippen LogP contribution is -2.04. The molecule has 0 heteroatoms. The van der Waals surface area contributed by atoms with Crippen LogP contribution in [0, 0.1) is 0 Å². The van der Waals surface area contributed by atoms with Crippen LogP contribution in [-0.2, 0) is 25.7 Å². The fourth-order valence-corrected chi connectivity index (χ4v) is 5.02. The third-order valence-electron chi connectivity index (χ3n) is 6.52. The van der Waals surface area contributed by atoms with Gasteiger partial charge in [-0.15, -0.1) is 0 Å². The second-order valence-electron chi connectivity index (χ2n) is 8.55. The molecule has 0 radical (unpaired) electrons. The minimum Gasteiger partial charge on any atom is -0.0614 e. The maximum atomic E-state index is 2.41. The van der Waals surface area contributed by atoms with E-state index in [0.717, 1.165) is 25.7 Å². The average molecular weight is 385 g/mol. The molecule has 0 nitrogen and oxygen atoms in total. The van der Waals surface area contributed by atoms with Crippen LogP contribution in [-0.4, -0.2) is 0 Å². The van der Waals surface area contributed by atoms with Crippen LogP contribution < -0.4 is 0 Å². The first-order valence-electron chi connectivity index (χ1n) is 10.9. The molecule has 2 aliphatic carbocycles. The largest absolute Gasteiger partial charge is 0.0614 e. The Morgan fingerprint density at radius 1 is 0.333 bits per heavy atom. The van der Waals surface area contributed by atoms with Gasteiger partial charge in [0.25, 0.3) is 0 Å². The van der Waals surface area contributed by atoms with Crippen LogP contribution in [0.1, 0.15) is 44.5 Å². The summed E-state index contributed by atoms with van der Waals surface area (Å²) in [7, 11) is 0. The van der Waals surface area contributed by atoms with Gasteiger partial charge in [0.05, 0.1) is 0 Å². The molecule has 0 amide bonds. The Bertz CT molecular complexity index is 1090. The Morgan fingerprint density at radius 2 is 0.600 bits per heavy atom. The van der Waals surface area contributed by atoms with Crippen molar-refractivity contribution < 1.29 is 0 Å². The molecule has 0 atom stereocenters.